The van der Waals surface area contributed by atoms with Crippen LogP contribution in [0.15, 0.2) is 11.2 Å². The second-order valence-electron chi connectivity index (χ2n) is 3.90. The van der Waals surface area contributed by atoms with Gasteiger partial charge in [-0.15, -0.1) is 0 Å². The number of hydrogen-bond acceptors (Lipinski definition) is 3. The molecule has 6 heteroatoms. The Morgan fingerprint density at radius 3 is 2.53 bits per heavy atom. The minimum Gasteiger partial charge on any atom is -0.332 e. The predicted molar refractivity (Wildman–Crippen MR) is 67.3 cm³/mol. The van der Waals surface area contributed by atoms with Crippen molar-refractivity contribution in [2.75, 3.05) is 13.1 Å². The predicted octanol–water partition coefficient (Wildman–Crippen LogP) is 1.78. The number of aromatic amines is 1. The number of H-pyrrole nitrogens is 1. The van der Waals surface area contributed by atoms with E-state index in [4.69, 9.17) is 0 Å². The molecule has 0 radical (unpaired) electrons. The van der Waals surface area contributed by atoms with Gasteiger partial charge in [-0.25, -0.2) is 13.4 Å². The number of nitrogens with zero attached hydrogens (tertiary/aromatic N) is 2. The van der Waals surface area contributed by atoms with E-state index < -0.39 is 10.0 Å². The van der Waals surface area contributed by atoms with Gasteiger partial charge in [-0.05, 0) is 6.42 Å². The van der Waals surface area contributed by atoms with Crippen molar-refractivity contribution in [2.24, 2.45) is 0 Å². The van der Waals surface area contributed by atoms with Gasteiger partial charge in [-0.2, -0.15) is 4.31 Å². The largest absolute Gasteiger partial charge is 0.332 e. The Balaban J connectivity index is 2.91. The Kier molecular flexibility index (Phi) is 5.14. The number of imidazole rings is 1. The number of aromatic nitrogens is 2. The van der Waals surface area contributed by atoms with Gasteiger partial charge < -0.3 is 4.98 Å². The lowest BCUT2D eigenvalue weighted by Gasteiger charge is -2.18. The second-order valence-corrected chi connectivity index (χ2v) is 5.80. The maximum Gasteiger partial charge on any atom is 0.260 e. The van der Waals surface area contributed by atoms with Crippen molar-refractivity contribution in [1.29, 1.82) is 0 Å². The standard InChI is InChI=1S/C11H21N3O2S/c1-4-7-8-14(6-3)17(15,16)11-9-12-10(5-2)13-11/h9H,4-8H2,1-3H3,(H,12,13). The zero-order valence-corrected chi connectivity index (χ0v) is 11.5. The van der Waals surface area contributed by atoms with Gasteiger partial charge in [0.15, 0.2) is 5.03 Å². The highest BCUT2D eigenvalue weighted by molar-refractivity contribution is 7.89. The number of aryl methyl sites for hydroxylation is 1. The molecule has 0 bridgehead atoms. The SMILES string of the molecule is CCCCN(CC)S(=O)(=O)c1cnc(CC)[nH]1. The Labute approximate surface area is 103 Å². The van der Waals surface area contributed by atoms with E-state index in [-0.39, 0.29) is 5.03 Å². The molecule has 0 unspecified atom stereocenters. The molecule has 1 aromatic heterocycles. The molecule has 1 aromatic rings. The molecule has 1 N–H and O–H groups in total. The van der Waals surface area contributed by atoms with Gasteiger partial charge in [-0.3, -0.25) is 0 Å². The molecule has 1 heterocycles. The second kappa shape index (κ2) is 6.16. The normalized spacial score (nSPS) is 12.2. The zero-order valence-electron chi connectivity index (χ0n) is 10.7. The van der Waals surface area contributed by atoms with E-state index in [0.29, 0.717) is 25.3 Å². The van der Waals surface area contributed by atoms with Crippen LogP contribution in [0.2, 0.25) is 0 Å². The van der Waals surface area contributed by atoms with Gasteiger partial charge in [0.1, 0.15) is 5.82 Å². The zero-order chi connectivity index (χ0) is 12.9. The first-order valence-corrected chi connectivity index (χ1v) is 7.54. The van der Waals surface area contributed by atoms with E-state index in [9.17, 15) is 8.42 Å². The molecule has 0 spiro atoms. The van der Waals surface area contributed by atoms with Crippen LogP contribution in [-0.2, 0) is 16.4 Å². The van der Waals surface area contributed by atoms with E-state index in [1.807, 2.05) is 20.8 Å². The minimum atomic E-state index is -3.40. The van der Waals surface area contributed by atoms with Crippen LogP contribution < -0.4 is 0 Å². The quantitative estimate of drug-likeness (QED) is 0.811. The molecular weight excluding hydrogens is 238 g/mol. The summed E-state index contributed by atoms with van der Waals surface area (Å²) < 4.78 is 26.0. The number of sulfonamides is 1. The van der Waals surface area contributed by atoms with Crippen molar-refractivity contribution in [3.63, 3.8) is 0 Å². The number of unbranched alkanes of at least 4 members (excludes halogenated alkanes) is 1. The Bertz CT molecular complexity index is 439. The fourth-order valence-electron chi connectivity index (χ4n) is 1.58. The summed E-state index contributed by atoms with van der Waals surface area (Å²) in [4.78, 5) is 6.89. The van der Waals surface area contributed by atoms with Gasteiger partial charge in [0, 0.05) is 19.5 Å². The molecule has 5 nitrogen and oxygen atoms in total. The van der Waals surface area contributed by atoms with Crippen LogP contribution in [0.3, 0.4) is 0 Å². The van der Waals surface area contributed by atoms with Crippen LogP contribution in [0.5, 0.6) is 0 Å². The first kappa shape index (κ1) is 14.2. The van der Waals surface area contributed by atoms with E-state index in [1.165, 1.54) is 10.5 Å². The van der Waals surface area contributed by atoms with Gasteiger partial charge >= 0.3 is 0 Å². The fraction of sp³-hybridized carbons (Fsp3) is 0.727. The van der Waals surface area contributed by atoms with Crippen molar-refractivity contribution in [3.05, 3.63) is 12.0 Å². The Hall–Kier alpha value is -0.880. The van der Waals surface area contributed by atoms with E-state index in [1.54, 1.807) is 0 Å². The van der Waals surface area contributed by atoms with E-state index in [2.05, 4.69) is 9.97 Å². The van der Waals surface area contributed by atoms with Crippen LogP contribution in [0.1, 0.15) is 39.4 Å². The summed E-state index contributed by atoms with van der Waals surface area (Å²) in [7, 11) is -3.40. The summed E-state index contributed by atoms with van der Waals surface area (Å²) in [6.07, 6.45) is 3.97. The molecule has 0 saturated carbocycles. The van der Waals surface area contributed by atoms with Crippen molar-refractivity contribution in [2.45, 2.75) is 45.1 Å². The van der Waals surface area contributed by atoms with Gasteiger partial charge in [0.2, 0.25) is 0 Å². The molecular formula is C11H21N3O2S. The lowest BCUT2D eigenvalue weighted by molar-refractivity contribution is 0.417. The highest BCUT2D eigenvalue weighted by atomic mass is 32.2. The molecule has 0 aliphatic heterocycles. The summed E-state index contributed by atoms with van der Waals surface area (Å²) in [6, 6.07) is 0. The van der Waals surface area contributed by atoms with Crippen molar-refractivity contribution < 1.29 is 8.42 Å². The monoisotopic (exact) mass is 259 g/mol. The van der Waals surface area contributed by atoms with Crippen molar-refractivity contribution in [1.82, 2.24) is 14.3 Å². The molecule has 0 aliphatic carbocycles. The lowest BCUT2D eigenvalue weighted by atomic mass is 10.3. The first-order chi connectivity index (χ1) is 8.06. The van der Waals surface area contributed by atoms with Crippen LogP contribution >= 0.6 is 0 Å². The maximum absolute atomic E-state index is 12.3. The van der Waals surface area contributed by atoms with Crippen LogP contribution in [0, 0.1) is 0 Å². The summed E-state index contributed by atoms with van der Waals surface area (Å²) in [5, 5.41) is 0.201. The molecule has 1 rings (SSSR count). The highest BCUT2D eigenvalue weighted by Crippen LogP contribution is 2.14. The number of nitrogens with one attached hydrogen (secondary N) is 1. The molecule has 0 fully saturated rings. The topological polar surface area (TPSA) is 66.1 Å². The molecule has 0 saturated heterocycles. The third kappa shape index (κ3) is 3.29. The molecule has 17 heavy (non-hydrogen) atoms. The summed E-state index contributed by atoms with van der Waals surface area (Å²) in [5.74, 6) is 0.704. The number of hydrogen-bond donors (Lipinski definition) is 1. The van der Waals surface area contributed by atoms with Crippen molar-refractivity contribution in [3.8, 4) is 0 Å². The van der Waals surface area contributed by atoms with Crippen molar-refractivity contribution >= 4 is 10.0 Å². The molecule has 0 aliphatic rings. The Morgan fingerprint density at radius 1 is 1.35 bits per heavy atom. The van der Waals surface area contributed by atoms with E-state index >= 15 is 0 Å². The average Bonchev–Trinajstić information content (AvgIpc) is 2.79. The molecule has 0 amide bonds. The minimum absolute atomic E-state index is 0.201. The summed E-state index contributed by atoms with van der Waals surface area (Å²) in [6.45, 7) is 6.89. The molecule has 0 atom stereocenters. The lowest BCUT2D eigenvalue weighted by Crippen LogP contribution is -2.32. The van der Waals surface area contributed by atoms with Gasteiger partial charge in [0.05, 0.1) is 6.20 Å². The highest BCUT2D eigenvalue weighted by Gasteiger charge is 2.24. The summed E-state index contributed by atoms with van der Waals surface area (Å²) >= 11 is 0. The van der Waals surface area contributed by atoms with Gasteiger partial charge in [0.25, 0.3) is 10.0 Å². The first-order valence-electron chi connectivity index (χ1n) is 6.10. The molecule has 98 valence electrons. The number of rotatable bonds is 7. The average molecular weight is 259 g/mol. The van der Waals surface area contributed by atoms with Gasteiger partial charge in [-0.1, -0.05) is 27.2 Å². The smallest absolute Gasteiger partial charge is 0.260 e. The van der Waals surface area contributed by atoms with E-state index in [0.717, 1.165) is 12.8 Å². The fourth-order valence-corrected chi connectivity index (χ4v) is 3.00. The van der Waals surface area contributed by atoms with Crippen LogP contribution in [0.25, 0.3) is 0 Å². The maximum atomic E-state index is 12.3. The van der Waals surface area contributed by atoms with Crippen LogP contribution in [0.4, 0.5) is 0 Å². The van der Waals surface area contributed by atoms with Crippen LogP contribution in [-0.4, -0.2) is 35.8 Å². The third-order valence-corrected chi connectivity index (χ3v) is 4.56. The Morgan fingerprint density at radius 2 is 2.06 bits per heavy atom. The third-order valence-electron chi connectivity index (χ3n) is 2.67. The molecule has 0 aromatic carbocycles. The summed E-state index contributed by atoms with van der Waals surface area (Å²) in [5.41, 5.74) is 0.